The number of hydrogen-bond donors (Lipinski definition) is 2. The van der Waals surface area contributed by atoms with Gasteiger partial charge in [-0.15, -0.1) is 0 Å². The number of ether oxygens (including phenoxy) is 1. The van der Waals surface area contributed by atoms with E-state index in [-0.39, 0.29) is 30.8 Å². The number of benzene rings is 3. The molecule has 3 aromatic carbocycles. The fraction of sp³-hybridized carbons (Fsp3) is 0.312. The van der Waals surface area contributed by atoms with Crippen LogP contribution in [0.1, 0.15) is 54.8 Å². The molecule has 0 radical (unpaired) electrons. The Bertz CT molecular complexity index is 1380. The number of hydrogen-bond acceptors (Lipinski definition) is 3. The Kier molecular flexibility index (Phi) is 8.07. The van der Waals surface area contributed by atoms with Crippen molar-refractivity contribution in [2.75, 3.05) is 7.11 Å². The van der Waals surface area contributed by atoms with Gasteiger partial charge in [-0.05, 0) is 47.7 Å². The number of nitrogens with one attached hydrogen (secondary N) is 2. The van der Waals surface area contributed by atoms with Gasteiger partial charge in [0.05, 0.1) is 13.5 Å². The molecular formula is C32H35N3O3. The Morgan fingerprint density at radius 1 is 0.974 bits per heavy atom. The van der Waals surface area contributed by atoms with Crippen LogP contribution in [0.2, 0.25) is 0 Å². The number of carbonyl (C=O) groups excluding carboxylic acids is 2. The minimum absolute atomic E-state index is 0.106. The largest absolute Gasteiger partial charge is 0.497 e. The van der Waals surface area contributed by atoms with Gasteiger partial charge in [0.1, 0.15) is 11.8 Å². The number of carbonyl (C=O) groups is 2. The van der Waals surface area contributed by atoms with Gasteiger partial charge in [-0.25, -0.2) is 0 Å². The molecule has 196 valence electrons. The van der Waals surface area contributed by atoms with E-state index in [0.717, 1.165) is 59.0 Å². The molecule has 1 atom stereocenters. The predicted octanol–water partition coefficient (Wildman–Crippen LogP) is 5.94. The zero-order valence-corrected chi connectivity index (χ0v) is 21.9. The van der Waals surface area contributed by atoms with Crippen molar-refractivity contribution >= 4 is 22.7 Å². The van der Waals surface area contributed by atoms with E-state index in [1.807, 2.05) is 85.1 Å². The normalized spacial score (nSPS) is 14.7. The first-order valence-corrected chi connectivity index (χ1v) is 13.4. The molecule has 4 aromatic rings. The highest BCUT2D eigenvalue weighted by Crippen LogP contribution is 2.28. The maximum Gasteiger partial charge on any atom is 0.247 e. The van der Waals surface area contributed by atoms with Gasteiger partial charge < -0.3 is 19.9 Å². The molecule has 2 amide bonds. The number of nitrogens with zero attached hydrogens (tertiary/aromatic N) is 1. The molecule has 0 aliphatic heterocycles. The van der Waals surface area contributed by atoms with Crippen LogP contribution in [0, 0.1) is 0 Å². The van der Waals surface area contributed by atoms with Crippen molar-refractivity contribution in [3.63, 3.8) is 0 Å². The van der Waals surface area contributed by atoms with Crippen molar-refractivity contribution < 1.29 is 14.3 Å². The van der Waals surface area contributed by atoms with Gasteiger partial charge in [0, 0.05) is 29.7 Å². The van der Waals surface area contributed by atoms with Crippen molar-refractivity contribution in [3.8, 4) is 5.75 Å². The number of fused-ring (bicyclic) bond motifs is 1. The van der Waals surface area contributed by atoms with Gasteiger partial charge in [-0.1, -0.05) is 79.9 Å². The molecule has 1 saturated carbocycles. The van der Waals surface area contributed by atoms with E-state index in [1.54, 1.807) is 12.0 Å². The number of para-hydroxylation sites is 1. The highest BCUT2D eigenvalue weighted by molar-refractivity contribution is 5.92. The number of methoxy groups -OCH3 is 1. The highest BCUT2D eigenvalue weighted by Gasteiger charge is 2.33. The molecule has 1 fully saturated rings. The fourth-order valence-corrected chi connectivity index (χ4v) is 5.47. The molecule has 1 aromatic heterocycles. The molecular weight excluding hydrogens is 474 g/mol. The lowest BCUT2D eigenvalue weighted by Gasteiger charge is -2.33. The third-order valence-electron chi connectivity index (χ3n) is 7.45. The average Bonchev–Trinajstić information content (AvgIpc) is 3.36. The summed E-state index contributed by atoms with van der Waals surface area (Å²) in [5.74, 6) is 0.484. The number of rotatable bonds is 9. The van der Waals surface area contributed by atoms with Crippen molar-refractivity contribution in [1.82, 2.24) is 15.2 Å². The van der Waals surface area contributed by atoms with E-state index in [1.165, 1.54) is 6.42 Å². The molecule has 38 heavy (non-hydrogen) atoms. The fourth-order valence-electron chi connectivity index (χ4n) is 5.47. The van der Waals surface area contributed by atoms with Crippen molar-refractivity contribution in [3.05, 3.63) is 102 Å². The van der Waals surface area contributed by atoms with Crippen molar-refractivity contribution in [1.29, 1.82) is 0 Å². The van der Waals surface area contributed by atoms with E-state index in [9.17, 15) is 9.59 Å². The summed E-state index contributed by atoms with van der Waals surface area (Å²) in [7, 11) is 1.63. The second-order valence-corrected chi connectivity index (χ2v) is 10.1. The molecule has 0 spiro atoms. The Morgan fingerprint density at radius 3 is 2.53 bits per heavy atom. The summed E-state index contributed by atoms with van der Waals surface area (Å²) in [6.07, 6.45) is 7.49. The van der Waals surface area contributed by atoms with Gasteiger partial charge in [0.15, 0.2) is 0 Å². The zero-order chi connectivity index (χ0) is 26.3. The van der Waals surface area contributed by atoms with Crippen LogP contribution in [0.25, 0.3) is 10.9 Å². The first-order valence-electron chi connectivity index (χ1n) is 13.4. The minimum Gasteiger partial charge on any atom is -0.497 e. The SMILES string of the molecule is COc1cccc(CN(C(=O)Cc2c[nH]c3ccccc23)C(C(=O)NC2CCCCC2)c2ccccc2)c1. The third kappa shape index (κ3) is 5.91. The number of aromatic amines is 1. The lowest BCUT2D eigenvalue weighted by atomic mass is 9.94. The summed E-state index contributed by atoms with van der Waals surface area (Å²) in [4.78, 5) is 33.1. The van der Waals surface area contributed by atoms with E-state index < -0.39 is 6.04 Å². The van der Waals surface area contributed by atoms with Gasteiger partial charge in [0.2, 0.25) is 11.8 Å². The first kappa shape index (κ1) is 25.6. The summed E-state index contributed by atoms with van der Waals surface area (Å²) in [5.41, 5.74) is 3.61. The smallest absolute Gasteiger partial charge is 0.247 e. The lowest BCUT2D eigenvalue weighted by Crippen LogP contribution is -2.47. The van der Waals surface area contributed by atoms with E-state index >= 15 is 0 Å². The molecule has 0 saturated heterocycles. The molecule has 6 nitrogen and oxygen atoms in total. The molecule has 0 bridgehead atoms. The van der Waals surface area contributed by atoms with Gasteiger partial charge in [-0.3, -0.25) is 9.59 Å². The number of aromatic nitrogens is 1. The summed E-state index contributed by atoms with van der Waals surface area (Å²) < 4.78 is 5.44. The maximum atomic E-state index is 14.1. The van der Waals surface area contributed by atoms with Crippen LogP contribution in [0.15, 0.2) is 85.1 Å². The molecule has 1 aliphatic carbocycles. The number of amides is 2. The second-order valence-electron chi connectivity index (χ2n) is 10.1. The Hall–Kier alpha value is -4.06. The molecule has 1 heterocycles. The zero-order valence-electron chi connectivity index (χ0n) is 21.9. The van der Waals surface area contributed by atoms with Crippen LogP contribution < -0.4 is 10.1 Å². The van der Waals surface area contributed by atoms with E-state index in [2.05, 4.69) is 10.3 Å². The van der Waals surface area contributed by atoms with Crippen LogP contribution in [0.3, 0.4) is 0 Å². The average molecular weight is 510 g/mol. The summed E-state index contributed by atoms with van der Waals surface area (Å²) >= 11 is 0. The van der Waals surface area contributed by atoms with Crippen LogP contribution >= 0.6 is 0 Å². The van der Waals surface area contributed by atoms with Crippen LogP contribution in [-0.2, 0) is 22.6 Å². The van der Waals surface area contributed by atoms with E-state index in [4.69, 9.17) is 4.74 Å². The molecule has 5 rings (SSSR count). The molecule has 1 aliphatic rings. The third-order valence-corrected chi connectivity index (χ3v) is 7.45. The van der Waals surface area contributed by atoms with Gasteiger partial charge in [-0.2, -0.15) is 0 Å². The molecule has 1 unspecified atom stereocenters. The first-order chi connectivity index (χ1) is 18.6. The summed E-state index contributed by atoms with van der Waals surface area (Å²) in [5, 5.41) is 4.30. The standard InChI is InChI=1S/C32H35N3O3/c1-38-27-16-10-11-23(19-27)22-35(30(36)20-25-21-33-29-18-9-8-17-28(25)29)31(24-12-4-2-5-13-24)32(37)34-26-14-6-3-7-15-26/h2,4-5,8-13,16-19,21,26,31,33H,3,6-7,14-15,20,22H2,1H3,(H,34,37). The van der Waals surface area contributed by atoms with Crippen LogP contribution in [-0.4, -0.2) is 34.8 Å². The second kappa shape index (κ2) is 12.0. The quantitative estimate of drug-likeness (QED) is 0.293. The highest BCUT2D eigenvalue weighted by atomic mass is 16.5. The van der Waals surface area contributed by atoms with Crippen molar-refractivity contribution in [2.24, 2.45) is 0 Å². The monoisotopic (exact) mass is 509 g/mol. The Labute approximate surface area is 224 Å². The predicted molar refractivity (Wildman–Crippen MR) is 150 cm³/mol. The Balaban J connectivity index is 1.51. The Morgan fingerprint density at radius 2 is 1.74 bits per heavy atom. The minimum atomic E-state index is -0.748. The molecule has 6 heteroatoms. The van der Waals surface area contributed by atoms with Crippen molar-refractivity contribution in [2.45, 2.75) is 57.2 Å². The number of H-pyrrole nitrogens is 1. The van der Waals surface area contributed by atoms with Gasteiger partial charge in [0.25, 0.3) is 0 Å². The van der Waals surface area contributed by atoms with E-state index in [0.29, 0.717) is 0 Å². The maximum absolute atomic E-state index is 14.1. The topological polar surface area (TPSA) is 74.4 Å². The van der Waals surface area contributed by atoms with Crippen LogP contribution in [0.4, 0.5) is 0 Å². The summed E-state index contributed by atoms with van der Waals surface area (Å²) in [6, 6.07) is 24.7. The molecule has 2 N–H and O–H groups in total. The van der Waals surface area contributed by atoms with Crippen LogP contribution in [0.5, 0.6) is 5.75 Å². The summed E-state index contributed by atoms with van der Waals surface area (Å²) in [6.45, 7) is 0.288. The van der Waals surface area contributed by atoms with Gasteiger partial charge >= 0.3 is 0 Å². The lowest BCUT2D eigenvalue weighted by molar-refractivity contribution is -0.141.